The van der Waals surface area contributed by atoms with E-state index < -0.39 is 12.1 Å². The first kappa shape index (κ1) is 68.1. The van der Waals surface area contributed by atoms with E-state index in [2.05, 4.69) is 43.5 Å². The zero-order valence-corrected chi connectivity index (χ0v) is 47.0. The minimum atomic E-state index is -0.841. The Morgan fingerprint density at radius 1 is 0.386 bits per heavy atom. The van der Waals surface area contributed by atoms with E-state index in [4.69, 9.17) is 4.74 Å². The van der Waals surface area contributed by atoms with Crippen molar-refractivity contribution in [3.05, 3.63) is 36.5 Å². The van der Waals surface area contributed by atoms with Crippen molar-refractivity contribution in [1.29, 1.82) is 0 Å². The molecule has 3 N–H and O–H groups in total. The van der Waals surface area contributed by atoms with E-state index in [0.717, 1.165) is 44.9 Å². The minimum absolute atomic E-state index is 0.00702. The Bertz CT molecular complexity index is 1130. The van der Waals surface area contributed by atoms with Gasteiger partial charge >= 0.3 is 5.97 Å². The maximum absolute atomic E-state index is 12.4. The average Bonchev–Trinajstić information content (AvgIpc) is 3.36. The zero-order valence-electron chi connectivity index (χ0n) is 47.0. The number of nitrogens with one attached hydrogen (secondary N) is 1. The van der Waals surface area contributed by atoms with Crippen LogP contribution < -0.4 is 5.32 Å². The van der Waals surface area contributed by atoms with Gasteiger partial charge in [0.15, 0.2) is 0 Å². The van der Waals surface area contributed by atoms with Crippen molar-refractivity contribution in [3.63, 3.8) is 0 Å². The molecule has 0 rings (SSSR count). The quantitative estimate of drug-likeness (QED) is 0.0321. The van der Waals surface area contributed by atoms with Gasteiger partial charge in [0.2, 0.25) is 5.91 Å². The van der Waals surface area contributed by atoms with E-state index in [1.165, 1.54) is 263 Å². The predicted molar refractivity (Wildman–Crippen MR) is 306 cm³/mol. The molecule has 0 fully saturated rings. The maximum Gasteiger partial charge on any atom is 0.305 e. The lowest BCUT2D eigenvalue weighted by Gasteiger charge is -2.20. The molecule has 0 aromatic heterocycles. The monoisotopic (exact) mass is 984 g/mol. The van der Waals surface area contributed by atoms with Crippen molar-refractivity contribution in [2.75, 3.05) is 13.2 Å². The number of aliphatic hydroxyl groups is 2. The lowest BCUT2D eigenvalue weighted by atomic mass is 10.0. The van der Waals surface area contributed by atoms with Crippen molar-refractivity contribution < 1.29 is 24.5 Å². The molecule has 0 aromatic carbocycles. The molecule has 0 aromatic rings. The highest BCUT2D eigenvalue weighted by Gasteiger charge is 2.18. The first-order chi connectivity index (χ1) is 34.5. The summed E-state index contributed by atoms with van der Waals surface area (Å²) in [5, 5.41) is 23.0. The Morgan fingerprint density at radius 2 is 0.671 bits per heavy atom. The van der Waals surface area contributed by atoms with Gasteiger partial charge in [-0.15, -0.1) is 0 Å². The molecule has 0 saturated carbocycles. The van der Waals surface area contributed by atoms with Crippen LogP contribution in [0.3, 0.4) is 0 Å². The molecule has 0 aliphatic heterocycles. The molecule has 0 aliphatic carbocycles. The van der Waals surface area contributed by atoms with Crippen LogP contribution in [0.15, 0.2) is 36.5 Å². The summed E-state index contributed by atoms with van der Waals surface area (Å²) in [6.45, 7) is 4.87. The molecule has 412 valence electrons. The van der Waals surface area contributed by atoms with Crippen LogP contribution in [0, 0.1) is 0 Å². The molecule has 2 unspecified atom stereocenters. The highest BCUT2D eigenvalue weighted by Crippen LogP contribution is 2.17. The van der Waals surface area contributed by atoms with Crippen molar-refractivity contribution in [1.82, 2.24) is 5.32 Å². The van der Waals surface area contributed by atoms with Crippen LogP contribution in [-0.2, 0) is 14.3 Å². The first-order valence-electron chi connectivity index (χ1n) is 31.3. The minimum Gasteiger partial charge on any atom is -0.466 e. The lowest BCUT2D eigenvalue weighted by Crippen LogP contribution is -2.45. The van der Waals surface area contributed by atoms with E-state index in [0.29, 0.717) is 19.4 Å². The van der Waals surface area contributed by atoms with Crippen molar-refractivity contribution in [2.24, 2.45) is 0 Å². The third kappa shape index (κ3) is 55.4. The molecule has 2 atom stereocenters. The fraction of sp³-hybridized carbons (Fsp3) is 0.875. The molecule has 0 bridgehead atoms. The molecule has 6 nitrogen and oxygen atoms in total. The topological polar surface area (TPSA) is 95.9 Å². The lowest BCUT2D eigenvalue weighted by molar-refractivity contribution is -0.143. The number of hydrogen-bond acceptors (Lipinski definition) is 5. The summed E-state index contributed by atoms with van der Waals surface area (Å²) in [5.74, 6) is -0.0602. The Balaban J connectivity index is 3.35. The fourth-order valence-corrected chi connectivity index (χ4v) is 9.57. The van der Waals surface area contributed by atoms with Gasteiger partial charge < -0.3 is 20.3 Å². The summed E-state index contributed by atoms with van der Waals surface area (Å²) in [6, 6.07) is -0.624. The van der Waals surface area contributed by atoms with E-state index in [1.807, 2.05) is 6.08 Å². The predicted octanol–water partition coefficient (Wildman–Crippen LogP) is 19.6. The van der Waals surface area contributed by atoms with Crippen molar-refractivity contribution in [2.45, 2.75) is 347 Å². The van der Waals surface area contributed by atoms with Crippen LogP contribution in [0.2, 0.25) is 0 Å². The van der Waals surface area contributed by atoms with E-state index in [-0.39, 0.29) is 18.5 Å². The number of amides is 1. The maximum atomic E-state index is 12.4. The fourth-order valence-electron chi connectivity index (χ4n) is 9.57. The van der Waals surface area contributed by atoms with Crippen LogP contribution in [0.4, 0.5) is 0 Å². The number of allylic oxidation sites excluding steroid dienone is 5. The first-order valence-corrected chi connectivity index (χ1v) is 31.3. The number of carbonyl (C=O) groups is 2. The van der Waals surface area contributed by atoms with Crippen LogP contribution in [0.5, 0.6) is 0 Å². The van der Waals surface area contributed by atoms with Crippen LogP contribution in [-0.4, -0.2) is 47.4 Å². The third-order valence-electron chi connectivity index (χ3n) is 14.4. The second-order valence-electron chi connectivity index (χ2n) is 21.4. The summed E-state index contributed by atoms with van der Waals surface area (Å²) >= 11 is 0. The molecule has 0 heterocycles. The number of esters is 1. The molecular weight excluding hydrogens is 863 g/mol. The van der Waals surface area contributed by atoms with Crippen LogP contribution in [0.1, 0.15) is 335 Å². The van der Waals surface area contributed by atoms with Gasteiger partial charge in [0.25, 0.3) is 0 Å². The van der Waals surface area contributed by atoms with E-state index in [9.17, 15) is 19.8 Å². The number of rotatable bonds is 58. The third-order valence-corrected chi connectivity index (χ3v) is 14.4. The van der Waals surface area contributed by atoms with Gasteiger partial charge in [-0.3, -0.25) is 9.59 Å². The van der Waals surface area contributed by atoms with Gasteiger partial charge in [0, 0.05) is 12.8 Å². The van der Waals surface area contributed by atoms with Gasteiger partial charge in [-0.2, -0.15) is 0 Å². The van der Waals surface area contributed by atoms with E-state index in [1.54, 1.807) is 6.08 Å². The van der Waals surface area contributed by atoms with Gasteiger partial charge in [0.05, 0.1) is 25.4 Å². The molecule has 0 radical (unpaired) electrons. The number of unbranched alkanes of at least 4 members (excludes halogenated alkanes) is 43. The molecule has 70 heavy (non-hydrogen) atoms. The molecule has 0 aliphatic rings. The summed E-state index contributed by atoms with van der Waals surface area (Å²) in [6.07, 6.45) is 74.9. The highest BCUT2D eigenvalue weighted by atomic mass is 16.5. The van der Waals surface area contributed by atoms with Crippen molar-refractivity contribution in [3.8, 4) is 0 Å². The van der Waals surface area contributed by atoms with Crippen molar-refractivity contribution >= 4 is 11.9 Å². The highest BCUT2D eigenvalue weighted by molar-refractivity contribution is 5.76. The van der Waals surface area contributed by atoms with Gasteiger partial charge in [-0.25, -0.2) is 0 Å². The number of ether oxygens (including phenoxy) is 1. The second-order valence-corrected chi connectivity index (χ2v) is 21.4. The smallest absolute Gasteiger partial charge is 0.305 e. The van der Waals surface area contributed by atoms with Gasteiger partial charge in [0.1, 0.15) is 0 Å². The van der Waals surface area contributed by atoms with Crippen LogP contribution >= 0.6 is 0 Å². The number of hydrogen-bond donors (Lipinski definition) is 3. The van der Waals surface area contributed by atoms with Crippen LogP contribution in [0.25, 0.3) is 0 Å². The summed E-state index contributed by atoms with van der Waals surface area (Å²) in [4.78, 5) is 24.4. The Labute approximate surface area is 436 Å². The van der Waals surface area contributed by atoms with E-state index >= 15 is 0 Å². The van der Waals surface area contributed by atoms with Gasteiger partial charge in [-0.05, 0) is 83.5 Å². The SMILES string of the molecule is CCCCC/C=C\CCCCCCCC(=O)OCCCCCCCCCCCCCC/C=C\CCCCCCCCCCCCCCCCCC(=O)NC(CO)C(O)/C=C/CCCCCCCCCC. The Kier molecular flexibility index (Phi) is 58.0. The molecular formula is C64H121NO5. The summed E-state index contributed by atoms with van der Waals surface area (Å²) in [5.41, 5.74) is 0. The summed E-state index contributed by atoms with van der Waals surface area (Å²) < 4.78 is 5.47. The standard InChI is InChI=1S/C64H121NO5/c1-3-5-7-9-11-13-15-38-42-46-50-54-58-64(69)70-59-55-51-47-43-39-36-34-32-30-28-26-24-22-20-18-16-17-19-21-23-25-27-29-31-33-35-37-41-45-49-53-57-63(68)65-61(60-66)62(67)56-52-48-44-40-14-12-10-8-6-4-2/h11,13,18,20,52,56,61-62,66-67H,3-10,12,14-17,19,21-51,53-55,57-60H2,1-2H3,(H,65,68)/b13-11-,20-18-,56-52+. The zero-order chi connectivity index (χ0) is 50.7. The molecule has 1 amide bonds. The largest absolute Gasteiger partial charge is 0.466 e. The normalized spacial score (nSPS) is 12.8. The Hall–Kier alpha value is -1.92. The number of carbonyl (C=O) groups excluding carboxylic acids is 2. The molecule has 6 heteroatoms. The van der Waals surface area contributed by atoms with Gasteiger partial charge in [-0.1, -0.05) is 275 Å². The Morgan fingerprint density at radius 3 is 1.04 bits per heavy atom. The second kappa shape index (κ2) is 59.6. The number of aliphatic hydroxyl groups excluding tert-OH is 2. The summed E-state index contributed by atoms with van der Waals surface area (Å²) in [7, 11) is 0. The molecule has 0 spiro atoms. The average molecular weight is 985 g/mol. The molecule has 0 saturated heterocycles.